The number of likely N-dealkylation sites (tertiary alicyclic amines) is 2. The summed E-state index contributed by atoms with van der Waals surface area (Å²) in [7, 11) is 0. The van der Waals surface area contributed by atoms with Gasteiger partial charge in [0.25, 0.3) is 0 Å². The molecule has 2 aromatic rings. The van der Waals surface area contributed by atoms with Gasteiger partial charge in [-0.05, 0) is 75.0 Å². The van der Waals surface area contributed by atoms with Crippen molar-refractivity contribution in [3.05, 3.63) is 64.7 Å². The van der Waals surface area contributed by atoms with Gasteiger partial charge in [-0.1, -0.05) is 18.2 Å². The first-order valence-electron chi connectivity index (χ1n) is 10.8. The summed E-state index contributed by atoms with van der Waals surface area (Å²) in [6.45, 7) is 6.21. The Morgan fingerprint density at radius 1 is 1.14 bits per heavy atom. The number of amides is 1. The van der Waals surface area contributed by atoms with Crippen molar-refractivity contribution in [2.24, 2.45) is 0 Å². The van der Waals surface area contributed by atoms with E-state index in [0.717, 1.165) is 56.0 Å². The molecule has 3 heterocycles. The van der Waals surface area contributed by atoms with Crippen LogP contribution in [0.15, 0.2) is 36.4 Å². The lowest BCUT2D eigenvalue weighted by molar-refractivity contribution is -0.133. The van der Waals surface area contributed by atoms with Gasteiger partial charge in [0.1, 0.15) is 5.82 Å². The van der Waals surface area contributed by atoms with Crippen molar-refractivity contribution in [2.45, 2.75) is 44.9 Å². The van der Waals surface area contributed by atoms with E-state index in [4.69, 9.17) is 4.98 Å². The van der Waals surface area contributed by atoms with Crippen LogP contribution in [0.5, 0.6) is 0 Å². The third-order valence-corrected chi connectivity index (χ3v) is 6.14. The second kappa shape index (κ2) is 9.04. The van der Waals surface area contributed by atoms with Gasteiger partial charge in [0, 0.05) is 36.8 Å². The second-order valence-corrected chi connectivity index (χ2v) is 8.47. The summed E-state index contributed by atoms with van der Waals surface area (Å²) >= 11 is 0. The van der Waals surface area contributed by atoms with E-state index in [1.165, 1.54) is 18.9 Å². The van der Waals surface area contributed by atoms with Crippen molar-refractivity contribution in [3.63, 3.8) is 0 Å². The molecule has 2 fully saturated rings. The van der Waals surface area contributed by atoms with Crippen molar-refractivity contribution in [2.75, 3.05) is 32.7 Å². The zero-order valence-corrected chi connectivity index (χ0v) is 17.2. The minimum absolute atomic E-state index is 0.167. The van der Waals surface area contributed by atoms with Crippen molar-refractivity contribution in [1.29, 1.82) is 0 Å². The Kier molecular flexibility index (Phi) is 6.24. The molecule has 5 heteroatoms. The molecule has 0 spiro atoms. The molecule has 2 aliphatic rings. The van der Waals surface area contributed by atoms with Crippen molar-refractivity contribution >= 4 is 5.91 Å². The number of benzene rings is 1. The van der Waals surface area contributed by atoms with Crippen molar-refractivity contribution in [3.8, 4) is 0 Å². The molecule has 0 N–H and O–H groups in total. The Morgan fingerprint density at radius 2 is 1.93 bits per heavy atom. The number of piperidine rings is 1. The van der Waals surface area contributed by atoms with E-state index in [2.05, 4.69) is 11.0 Å². The minimum atomic E-state index is -0.167. The van der Waals surface area contributed by atoms with Crippen LogP contribution in [-0.2, 0) is 11.2 Å². The number of rotatable bonds is 5. The van der Waals surface area contributed by atoms with Crippen LogP contribution in [0.25, 0.3) is 0 Å². The molecule has 154 valence electrons. The zero-order chi connectivity index (χ0) is 20.2. The van der Waals surface area contributed by atoms with Crippen LogP contribution in [0.1, 0.15) is 54.1 Å². The SMILES string of the molecule is Cc1cc(Cc2ccccc2F)cc([C@H]2CCCN(C(=O)CN3CCCC3)C2)n1. The number of aromatic nitrogens is 1. The number of hydrogen-bond donors (Lipinski definition) is 0. The third-order valence-electron chi connectivity index (χ3n) is 6.14. The van der Waals surface area contributed by atoms with E-state index >= 15 is 0 Å². The van der Waals surface area contributed by atoms with Crippen LogP contribution in [0.3, 0.4) is 0 Å². The van der Waals surface area contributed by atoms with Crippen LogP contribution in [0.4, 0.5) is 4.39 Å². The summed E-state index contributed by atoms with van der Waals surface area (Å²) in [4.78, 5) is 21.8. The molecule has 0 saturated carbocycles. The number of pyridine rings is 1. The zero-order valence-electron chi connectivity index (χ0n) is 17.2. The Balaban J connectivity index is 1.46. The molecule has 1 aromatic carbocycles. The fourth-order valence-corrected chi connectivity index (χ4v) is 4.62. The highest BCUT2D eigenvalue weighted by molar-refractivity contribution is 5.78. The highest BCUT2D eigenvalue weighted by Gasteiger charge is 2.27. The topological polar surface area (TPSA) is 36.4 Å². The number of nitrogens with zero attached hydrogens (tertiary/aromatic N) is 3. The lowest BCUT2D eigenvalue weighted by Crippen LogP contribution is -2.44. The van der Waals surface area contributed by atoms with Crippen LogP contribution >= 0.6 is 0 Å². The monoisotopic (exact) mass is 395 g/mol. The summed E-state index contributed by atoms with van der Waals surface area (Å²) in [6, 6.07) is 11.1. The number of carbonyl (C=O) groups excluding carboxylic acids is 1. The summed E-state index contributed by atoms with van der Waals surface area (Å²) in [6.07, 6.45) is 5.02. The average molecular weight is 396 g/mol. The number of carbonyl (C=O) groups is 1. The maximum atomic E-state index is 14.1. The Bertz CT molecular complexity index is 863. The molecule has 1 aromatic heterocycles. The minimum Gasteiger partial charge on any atom is -0.341 e. The summed E-state index contributed by atoms with van der Waals surface area (Å²) < 4.78 is 14.1. The highest BCUT2D eigenvalue weighted by Crippen LogP contribution is 2.28. The molecule has 4 nitrogen and oxygen atoms in total. The number of aryl methyl sites for hydroxylation is 1. The molecular weight excluding hydrogens is 365 g/mol. The standard InChI is InChI=1S/C24H30FN3O/c1-18-13-19(14-20-7-2-3-9-22(20)25)15-23(26-18)21-8-6-12-28(16-21)24(29)17-27-10-4-5-11-27/h2-3,7,9,13,15,21H,4-6,8,10-12,14,16-17H2,1H3/t21-/m0/s1. The van der Waals surface area contributed by atoms with Crippen LogP contribution < -0.4 is 0 Å². The summed E-state index contributed by atoms with van der Waals surface area (Å²) in [5.74, 6) is 0.334. The van der Waals surface area contributed by atoms with E-state index in [9.17, 15) is 9.18 Å². The molecule has 0 radical (unpaired) electrons. The third kappa shape index (κ3) is 5.02. The molecule has 4 rings (SSSR count). The van der Waals surface area contributed by atoms with Crippen molar-refractivity contribution in [1.82, 2.24) is 14.8 Å². The molecule has 2 saturated heterocycles. The molecule has 0 aliphatic carbocycles. The van der Waals surface area contributed by atoms with Gasteiger partial charge in [0.15, 0.2) is 0 Å². The normalized spacial score (nSPS) is 20.2. The molecule has 0 bridgehead atoms. The largest absolute Gasteiger partial charge is 0.341 e. The predicted octanol–water partition coefficient (Wildman–Crippen LogP) is 3.92. The Labute approximate surface area is 172 Å². The second-order valence-electron chi connectivity index (χ2n) is 8.47. The lowest BCUT2D eigenvalue weighted by Gasteiger charge is -2.33. The van der Waals surface area contributed by atoms with Gasteiger partial charge >= 0.3 is 0 Å². The predicted molar refractivity (Wildman–Crippen MR) is 112 cm³/mol. The molecule has 1 atom stereocenters. The maximum Gasteiger partial charge on any atom is 0.236 e. The van der Waals surface area contributed by atoms with Gasteiger partial charge < -0.3 is 4.90 Å². The van der Waals surface area contributed by atoms with Crippen LogP contribution in [0.2, 0.25) is 0 Å². The molecule has 29 heavy (non-hydrogen) atoms. The first-order chi connectivity index (χ1) is 14.1. The van der Waals surface area contributed by atoms with Gasteiger partial charge in [0.05, 0.1) is 6.54 Å². The van der Waals surface area contributed by atoms with Gasteiger partial charge in [-0.3, -0.25) is 14.7 Å². The molecular formula is C24H30FN3O. The van der Waals surface area contributed by atoms with E-state index in [1.807, 2.05) is 30.0 Å². The maximum absolute atomic E-state index is 14.1. The van der Waals surface area contributed by atoms with E-state index in [0.29, 0.717) is 18.5 Å². The average Bonchev–Trinajstić information content (AvgIpc) is 3.22. The van der Waals surface area contributed by atoms with E-state index in [1.54, 1.807) is 6.07 Å². The quantitative estimate of drug-likeness (QED) is 0.770. The number of halogens is 1. The molecule has 1 amide bonds. The van der Waals surface area contributed by atoms with Crippen LogP contribution in [0, 0.1) is 12.7 Å². The number of hydrogen-bond acceptors (Lipinski definition) is 3. The fraction of sp³-hybridized carbons (Fsp3) is 0.500. The van der Waals surface area contributed by atoms with E-state index < -0.39 is 0 Å². The lowest BCUT2D eigenvalue weighted by atomic mass is 9.92. The summed E-state index contributed by atoms with van der Waals surface area (Å²) in [5.41, 5.74) is 3.78. The molecule has 0 unspecified atom stereocenters. The molecule has 2 aliphatic heterocycles. The summed E-state index contributed by atoms with van der Waals surface area (Å²) in [5, 5.41) is 0. The Morgan fingerprint density at radius 3 is 2.72 bits per heavy atom. The van der Waals surface area contributed by atoms with Gasteiger partial charge in [-0.15, -0.1) is 0 Å². The smallest absolute Gasteiger partial charge is 0.236 e. The first kappa shape index (κ1) is 20.0. The van der Waals surface area contributed by atoms with Gasteiger partial charge in [-0.2, -0.15) is 0 Å². The van der Waals surface area contributed by atoms with Crippen LogP contribution in [-0.4, -0.2) is 53.4 Å². The Hall–Kier alpha value is -2.27. The first-order valence-corrected chi connectivity index (χ1v) is 10.8. The van der Waals surface area contributed by atoms with Gasteiger partial charge in [0.2, 0.25) is 5.91 Å². The van der Waals surface area contributed by atoms with E-state index in [-0.39, 0.29) is 17.6 Å². The fourth-order valence-electron chi connectivity index (χ4n) is 4.62. The van der Waals surface area contributed by atoms with Crippen molar-refractivity contribution < 1.29 is 9.18 Å². The van der Waals surface area contributed by atoms with Gasteiger partial charge in [-0.25, -0.2) is 4.39 Å². The highest BCUT2D eigenvalue weighted by atomic mass is 19.1.